The molecule has 2 heterocycles. The van der Waals surface area contributed by atoms with Gasteiger partial charge in [-0.2, -0.15) is 0 Å². The Morgan fingerprint density at radius 3 is 2.90 bits per heavy atom. The molecule has 1 saturated carbocycles. The highest BCUT2D eigenvalue weighted by Crippen LogP contribution is 2.33. The lowest BCUT2D eigenvalue weighted by molar-refractivity contribution is -0.126. The Balaban J connectivity index is 1.67. The van der Waals surface area contributed by atoms with Gasteiger partial charge in [0.1, 0.15) is 5.78 Å². The third-order valence-corrected chi connectivity index (χ3v) is 6.10. The Kier molecular flexibility index (Phi) is 4.75. The molecular weight excluding hydrogens is 280 g/mol. The van der Waals surface area contributed by atoms with Gasteiger partial charge >= 0.3 is 0 Å². The van der Waals surface area contributed by atoms with Gasteiger partial charge in [0.2, 0.25) is 0 Å². The third kappa shape index (κ3) is 3.37. The van der Waals surface area contributed by atoms with Crippen LogP contribution in [0.5, 0.6) is 0 Å². The predicted molar refractivity (Wildman–Crippen MR) is 86.6 cm³/mol. The highest BCUT2D eigenvalue weighted by atomic mass is 32.1. The normalized spacial score (nSPS) is 27.7. The molecule has 2 fully saturated rings. The van der Waals surface area contributed by atoms with Gasteiger partial charge in [0.15, 0.2) is 0 Å². The number of carbonyl (C=O) groups is 1. The van der Waals surface area contributed by atoms with Gasteiger partial charge in [0, 0.05) is 36.2 Å². The summed E-state index contributed by atoms with van der Waals surface area (Å²) in [6.07, 6.45) is 6.67. The first-order chi connectivity index (χ1) is 10.1. The summed E-state index contributed by atoms with van der Waals surface area (Å²) in [4.78, 5) is 19.5. The van der Waals surface area contributed by atoms with Crippen LogP contribution in [-0.2, 0) is 11.3 Å². The molecule has 1 aliphatic carbocycles. The van der Waals surface area contributed by atoms with Crippen LogP contribution in [-0.4, -0.2) is 28.3 Å². The maximum absolute atomic E-state index is 12.2. The molecule has 0 N–H and O–H groups in total. The first kappa shape index (κ1) is 15.2. The number of nitrogens with zero attached hydrogens (tertiary/aromatic N) is 2. The zero-order valence-corrected chi connectivity index (χ0v) is 14.0. The lowest BCUT2D eigenvalue weighted by atomic mass is 9.82. The Labute approximate surface area is 131 Å². The van der Waals surface area contributed by atoms with E-state index in [1.807, 2.05) is 0 Å². The molecule has 116 valence electrons. The van der Waals surface area contributed by atoms with Gasteiger partial charge in [-0.15, -0.1) is 11.3 Å². The molecule has 0 bridgehead atoms. The zero-order valence-electron chi connectivity index (χ0n) is 13.2. The number of aromatic nitrogens is 1. The average molecular weight is 306 g/mol. The molecule has 3 rings (SSSR count). The summed E-state index contributed by atoms with van der Waals surface area (Å²) < 4.78 is 0. The van der Waals surface area contributed by atoms with Gasteiger partial charge < -0.3 is 0 Å². The molecule has 1 aromatic rings. The predicted octanol–water partition coefficient (Wildman–Crippen LogP) is 3.99. The highest BCUT2D eigenvalue weighted by molar-refractivity contribution is 7.09. The standard InChI is InChI=1S/C17H26N2OS/c1-12(2)17-18-13(11-21-17)10-19-9-5-7-15(19)14-6-3-4-8-16(14)20/h11-12,14-15H,3-10H2,1-2H3. The molecule has 2 aliphatic rings. The van der Waals surface area contributed by atoms with E-state index in [1.165, 1.54) is 30.0 Å². The number of Topliss-reactive ketones (excluding diaryl/α,β-unsaturated/α-hetero) is 1. The first-order valence-corrected chi connectivity index (χ1v) is 9.24. The number of hydrogen-bond donors (Lipinski definition) is 0. The second-order valence-corrected chi connectivity index (χ2v) is 7.72. The van der Waals surface area contributed by atoms with Crippen LogP contribution in [0, 0.1) is 5.92 Å². The Morgan fingerprint density at radius 2 is 2.19 bits per heavy atom. The van der Waals surface area contributed by atoms with Crippen LogP contribution in [0.25, 0.3) is 0 Å². The van der Waals surface area contributed by atoms with Gasteiger partial charge in [0.25, 0.3) is 0 Å². The summed E-state index contributed by atoms with van der Waals surface area (Å²) in [6, 6.07) is 0.474. The summed E-state index contributed by atoms with van der Waals surface area (Å²) in [5.41, 5.74) is 1.19. The summed E-state index contributed by atoms with van der Waals surface area (Å²) in [5, 5.41) is 3.43. The first-order valence-electron chi connectivity index (χ1n) is 8.36. The molecule has 1 aromatic heterocycles. The molecule has 2 unspecified atom stereocenters. The van der Waals surface area contributed by atoms with Crippen molar-refractivity contribution in [2.45, 2.75) is 70.9 Å². The minimum absolute atomic E-state index is 0.296. The number of likely N-dealkylation sites (tertiary alicyclic amines) is 1. The number of rotatable bonds is 4. The summed E-state index contributed by atoms with van der Waals surface area (Å²) >= 11 is 1.77. The topological polar surface area (TPSA) is 33.2 Å². The van der Waals surface area contributed by atoms with E-state index in [-0.39, 0.29) is 0 Å². The number of ketones is 1. The molecule has 0 aromatic carbocycles. The van der Waals surface area contributed by atoms with E-state index >= 15 is 0 Å². The Hall–Kier alpha value is -0.740. The maximum Gasteiger partial charge on any atom is 0.137 e. The molecule has 3 nitrogen and oxygen atoms in total. The fraction of sp³-hybridized carbons (Fsp3) is 0.765. The number of carbonyl (C=O) groups excluding carboxylic acids is 1. The molecule has 0 spiro atoms. The second kappa shape index (κ2) is 6.57. The summed E-state index contributed by atoms with van der Waals surface area (Å²) in [6.45, 7) is 6.45. The molecule has 2 atom stereocenters. The molecule has 0 radical (unpaired) electrons. The molecule has 1 aliphatic heterocycles. The van der Waals surface area contributed by atoms with Crippen LogP contribution < -0.4 is 0 Å². The Bertz CT molecular complexity index is 497. The van der Waals surface area contributed by atoms with Crippen molar-refractivity contribution in [3.8, 4) is 0 Å². The fourth-order valence-electron chi connectivity index (χ4n) is 3.79. The van der Waals surface area contributed by atoms with Crippen LogP contribution in [0.3, 0.4) is 0 Å². The van der Waals surface area contributed by atoms with E-state index in [2.05, 4.69) is 24.1 Å². The van der Waals surface area contributed by atoms with Gasteiger partial charge in [-0.25, -0.2) is 4.98 Å². The fourth-order valence-corrected chi connectivity index (χ4v) is 4.62. The largest absolute Gasteiger partial charge is 0.299 e. The van der Waals surface area contributed by atoms with Gasteiger partial charge in [-0.1, -0.05) is 20.3 Å². The second-order valence-electron chi connectivity index (χ2n) is 6.83. The van der Waals surface area contributed by atoms with Crippen LogP contribution >= 0.6 is 11.3 Å². The van der Waals surface area contributed by atoms with Crippen molar-refractivity contribution in [3.05, 3.63) is 16.1 Å². The van der Waals surface area contributed by atoms with Crippen LogP contribution in [0.15, 0.2) is 5.38 Å². The van der Waals surface area contributed by atoms with Gasteiger partial charge in [-0.3, -0.25) is 9.69 Å². The summed E-state index contributed by atoms with van der Waals surface area (Å²) in [7, 11) is 0. The van der Waals surface area contributed by atoms with E-state index in [1.54, 1.807) is 11.3 Å². The van der Waals surface area contributed by atoms with E-state index in [0.29, 0.717) is 23.7 Å². The van der Waals surface area contributed by atoms with E-state index < -0.39 is 0 Å². The SMILES string of the molecule is CC(C)c1nc(CN2CCCC2C2CCCCC2=O)cs1. The van der Waals surface area contributed by atoms with Crippen molar-refractivity contribution >= 4 is 17.1 Å². The monoisotopic (exact) mass is 306 g/mol. The molecule has 0 amide bonds. The quantitative estimate of drug-likeness (QED) is 0.843. The zero-order chi connectivity index (χ0) is 14.8. The Morgan fingerprint density at radius 1 is 1.33 bits per heavy atom. The van der Waals surface area contributed by atoms with E-state index in [0.717, 1.165) is 32.4 Å². The van der Waals surface area contributed by atoms with Crippen molar-refractivity contribution < 1.29 is 4.79 Å². The van der Waals surface area contributed by atoms with Crippen molar-refractivity contribution in [2.75, 3.05) is 6.54 Å². The number of thiazole rings is 1. The highest BCUT2D eigenvalue weighted by Gasteiger charge is 2.36. The van der Waals surface area contributed by atoms with Gasteiger partial charge in [-0.05, 0) is 32.2 Å². The lowest BCUT2D eigenvalue weighted by Crippen LogP contribution is -2.40. The minimum Gasteiger partial charge on any atom is -0.299 e. The van der Waals surface area contributed by atoms with E-state index in [9.17, 15) is 4.79 Å². The lowest BCUT2D eigenvalue weighted by Gasteiger charge is -2.32. The smallest absolute Gasteiger partial charge is 0.137 e. The average Bonchev–Trinajstić information content (AvgIpc) is 3.09. The molecular formula is C17H26N2OS. The summed E-state index contributed by atoms with van der Waals surface area (Å²) in [5.74, 6) is 1.32. The van der Waals surface area contributed by atoms with Crippen molar-refractivity contribution in [3.63, 3.8) is 0 Å². The van der Waals surface area contributed by atoms with Crippen molar-refractivity contribution in [1.29, 1.82) is 0 Å². The van der Waals surface area contributed by atoms with Crippen LogP contribution in [0.2, 0.25) is 0 Å². The molecule has 4 heteroatoms. The minimum atomic E-state index is 0.296. The van der Waals surface area contributed by atoms with Crippen LogP contribution in [0.4, 0.5) is 0 Å². The van der Waals surface area contributed by atoms with Gasteiger partial charge in [0.05, 0.1) is 10.7 Å². The third-order valence-electron chi connectivity index (χ3n) is 4.91. The van der Waals surface area contributed by atoms with Crippen molar-refractivity contribution in [2.24, 2.45) is 5.92 Å². The number of hydrogen-bond acceptors (Lipinski definition) is 4. The van der Waals surface area contributed by atoms with E-state index in [4.69, 9.17) is 4.98 Å². The molecule has 21 heavy (non-hydrogen) atoms. The van der Waals surface area contributed by atoms with Crippen LogP contribution in [0.1, 0.15) is 69.0 Å². The maximum atomic E-state index is 12.2. The molecule has 1 saturated heterocycles. The van der Waals surface area contributed by atoms with Crippen molar-refractivity contribution in [1.82, 2.24) is 9.88 Å².